The van der Waals surface area contributed by atoms with Crippen LogP contribution in [0.25, 0.3) is 0 Å². The number of piperidine rings is 1. The summed E-state index contributed by atoms with van der Waals surface area (Å²) in [6.45, 7) is 6.39. The third kappa shape index (κ3) is 3.18. The summed E-state index contributed by atoms with van der Waals surface area (Å²) in [6.07, 6.45) is 1.64. The van der Waals surface area contributed by atoms with Gasteiger partial charge < -0.3 is 15.4 Å². The second-order valence-corrected chi connectivity index (χ2v) is 4.95. The molecular formula is C11H22N2O2. The van der Waals surface area contributed by atoms with Gasteiger partial charge >= 0.3 is 0 Å². The van der Waals surface area contributed by atoms with E-state index in [1.165, 1.54) is 7.11 Å². The Hall–Kier alpha value is -0.610. The molecule has 1 atom stereocenters. The third-order valence-electron chi connectivity index (χ3n) is 3.20. The maximum Gasteiger partial charge on any atom is 0.253 e. The molecule has 0 aromatic heterocycles. The number of carbonyl (C=O) groups excluding carboxylic acids is 1. The maximum atomic E-state index is 11.9. The quantitative estimate of drug-likeness (QED) is 0.749. The second kappa shape index (κ2) is 4.94. The normalized spacial score (nSPS) is 22.5. The predicted molar refractivity (Wildman–Crippen MR) is 59.4 cm³/mol. The van der Waals surface area contributed by atoms with Crippen LogP contribution in [0.4, 0.5) is 0 Å². The number of methoxy groups -OCH3 is 1. The number of carbonyl (C=O) groups is 1. The topological polar surface area (TPSA) is 55.6 Å². The van der Waals surface area contributed by atoms with Crippen molar-refractivity contribution in [3.8, 4) is 0 Å². The molecule has 1 fully saturated rings. The van der Waals surface area contributed by atoms with E-state index in [9.17, 15) is 4.79 Å². The van der Waals surface area contributed by atoms with Gasteiger partial charge in [0.1, 0.15) is 6.10 Å². The molecule has 0 bridgehead atoms. The number of hydrogen-bond donors (Lipinski definition) is 1. The lowest BCUT2D eigenvalue weighted by atomic mass is 9.82. The number of nitrogens with two attached hydrogens (primary N) is 1. The first-order chi connectivity index (χ1) is 7.00. The molecule has 1 heterocycles. The number of likely N-dealkylation sites (tertiary alicyclic amines) is 1. The van der Waals surface area contributed by atoms with Crippen molar-refractivity contribution < 1.29 is 9.53 Å². The van der Waals surface area contributed by atoms with E-state index in [1.807, 2.05) is 4.90 Å². The predicted octanol–water partition coefficient (Wildman–Crippen LogP) is 0.609. The van der Waals surface area contributed by atoms with Crippen LogP contribution in [0.1, 0.15) is 26.7 Å². The molecule has 4 nitrogen and oxygen atoms in total. The zero-order valence-electron chi connectivity index (χ0n) is 9.95. The number of rotatable bonds is 3. The lowest BCUT2D eigenvalue weighted by molar-refractivity contribution is -0.143. The number of amides is 1. The smallest absolute Gasteiger partial charge is 0.253 e. The van der Waals surface area contributed by atoms with Crippen molar-refractivity contribution in [3.05, 3.63) is 0 Å². The van der Waals surface area contributed by atoms with Gasteiger partial charge in [-0.1, -0.05) is 13.8 Å². The largest absolute Gasteiger partial charge is 0.370 e. The number of hydrogen-bond acceptors (Lipinski definition) is 3. The Kier molecular flexibility index (Phi) is 4.11. The Morgan fingerprint density at radius 3 is 2.40 bits per heavy atom. The van der Waals surface area contributed by atoms with Crippen molar-refractivity contribution in [1.82, 2.24) is 4.90 Å². The molecule has 1 rings (SSSR count). The molecule has 1 saturated heterocycles. The van der Waals surface area contributed by atoms with Gasteiger partial charge in [0.2, 0.25) is 0 Å². The minimum absolute atomic E-state index is 0.0375. The highest BCUT2D eigenvalue weighted by atomic mass is 16.5. The average Bonchev–Trinajstić information content (AvgIpc) is 2.19. The van der Waals surface area contributed by atoms with Gasteiger partial charge in [-0.3, -0.25) is 4.79 Å². The molecule has 0 aromatic rings. The third-order valence-corrected chi connectivity index (χ3v) is 3.20. The summed E-state index contributed by atoms with van der Waals surface area (Å²) in [5.74, 6) is 0.0375. The Morgan fingerprint density at radius 2 is 2.00 bits per heavy atom. The Labute approximate surface area is 91.8 Å². The fraction of sp³-hybridized carbons (Fsp3) is 0.909. The van der Waals surface area contributed by atoms with Crippen LogP contribution in [0.5, 0.6) is 0 Å². The molecule has 1 amide bonds. The van der Waals surface area contributed by atoms with Crippen molar-refractivity contribution in [2.24, 2.45) is 11.1 Å². The van der Waals surface area contributed by atoms with Crippen LogP contribution in [-0.2, 0) is 9.53 Å². The summed E-state index contributed by atoms with van der Waals surface area (Å²) < 4.78 is 5.05. The fourth-order valence-corrected chi connectivity index (χ4v) is 1.83. The van der Waals surface area contributed by atoms with Crippen molar-refractivity contribution in [2.75, 3.05) is 26.7 Å². The van der Waals surface area contributed by atoms with Crippen LogP contribution >= 0.6 is 0 Å². The van der Waals surface area contributed by atoms with Crippen LogP contribution < -0.4 is 5.73 Å². The lowest BCUT2D eigenvalue weighted by Gasteiger charge is -2.38. The van der Waals surface area contributed by atoms with E-state index in [2.05, 4.69) is 13.8 Å². The summed E-state index contributed by atoms with van der Waals surface area (Å²) >= 11 is 0. The van der Waals surface area contributed by atoms with Gasteiger partial charge in [-0.2, -0.15) is 0 Å². The summed E-state index contributed by atoms with van der Waals surface area (Å²) in [6, 6.07) is 0. The molecule has 0 saturated carbocycles. The standard InChI is InChI=1S/C11H22N2O2/c1-11(2)4-6-13(7-5-11)10(14)9(8-12)15-3/h9H,4-8,12H2,1-3H3. The maximum absolute atomic E-state index is 11.9. The van der Waals surface area contributed by atoms with Crippen molar-refractivity contribution in [3.63, 3.8) is 0 Å². The molecule has 0 radical (unpaired) electrons. The van der Waals surface area contributed by atoms with Crippen molar-refractivity contribution in [2.45, 2.75) is 32.8 Å². The van der Waals surface area contributed by atoms with E-state index in [1.54, 1.807) is 0 Å². The molecule has 0 spiro atoms. The highest BCUT2D eigenvalue weighted by Gasteiger charge is 2.30. The Bertz CT molecular complexity index is 215. The molecule has 1 unspecified atom stereocenters. The molecule has 1 aliphatic heterocycles. The zero-order valence-corrected chi connectivity index (χ0v) is 9.95. The minimum Gasteiger partial charge on any atom is -0.370 e. The monoisotopic (exact) mass is 214 g/mol. The first-order valence-corrected chi connectivity index (χ1v) is 5.52. The average molecular weight is 214 g/mol. The van der Waals surface area contributed by atoms with Gasteiger partial charge in [0.15, 0.2) is 0 Å². The lowest BCUT2D eigenvalue weighted by Crippen LogP contribution is -2.48. The van der Waals surface area contributed by atoms with E-state index in [4.69, 9.17) is 10.5 Å². The van der Waals surface area contributed by atoms with Gasteiger partial charge in [-0.25, -0.2) is 0 Å². The van der Waals surface area contributed by atoms with Crippen molar-refractivity contribution >= 4 is 5.91 Å². The molecule has 0 aliphatic carbocycles. The molecule has 88 valence electrons. The van der Waals surface area contributed by atoms with Gasteiger partial charge in [-0.15, -0.1) is 0 Å². The van der Waals surface area contributed by atoms with Gasteiger partial charge in [0.25, 0.3) is 5.91 Å². The Morgan fingerprint density at radius 1 is 1.47 bits per heavy atom. The van der Waals surface area contributed by atoms with E-state index in [-0.39, 0.29) is 12.5 Å². The van der Waals surface area contributed by atoms with Crippen LogP contribution in [0.15, 0.2) is 0 Å². The summed E-state index contributed by atoms with van der Waals surface area (Å²) in [5, 5.41) is 0. The molecule has 15 heavy (non-hydrogen) atoms. The highest BCUT2D eigenvalue weighted by molar-refractivity contribution is 5.81. The summed E-state index contributed by atoms with van der Waals surface area (Å²) in [7, 11) is 1.53. The highest BCUT2D eigenvalue weighted by Crippen LogP contribution is 2.29. The Balaban J connectivity index is 2.49. The second-order valence-electron chi connectivity index (χ2n) is 4.95. The molecule has 2 N–H and O–H groups in total. The summed E-state index contributed by atoms with van der Waals surface area (Å²) in [4.78, 5) is 13.8. The zero-order chi connectivity index (χ0) is 11.5. The fourth-order valence-electron chi connectivity index (χ4n) is 1.83. The van der Waals surface area contributed by atoms with Crippen LogP contribution in [0.3, 0.4) is 0 Å². The summed E-state index contributed by atoms with van der Waals surface area (Å²) in [5.41, 5.74) is 5.83. The first-order valence-electron chi connectivity index (χ1n) is 5.52. The van der Waals surface area contributed by atoms with Crippen molar-refractivity contribution in [1.29, 1.82) is 0 Å². The van der Waals surface area contributed by atoms with E-state index in [0.29, 0.717) is 5.41 Å². The molecule has 0 aromatic carbocycles. The molecule has 4 heteroatoms. The number of ether oxygens (including phenoxy) is 1. The van der Waals surface area contributed by atoms with Crippen LogP contribution in [0.2, 0.25) is 0 Å². The first kappa shape index (κ1) is 12.5. The van der Waals surface area contributed by atoms with Gasteiger partial charge in [0.05, 0.1) is 0 Å². The minimum atomic E-state index is -0.466. The van der Waals surface area contributed by atoms with Crippen LogP contribution in [0, 0.1) is 5.41 Å². The van der Waals surface area contributed by atoms with Gasteiger partial charge in [-0.05, 0) is 18.3 Å². The van der Waals surface area contributed by atoms with Crippen LogP contribution in [-0.4, -0.2) is 43.7 Å². The van der Waals surface area contributed by atoms with E-state index in [0.717, 1.165) is 25.9 Å². The van der Waals surface area contributed by atoms with E-state index >= 15 is 0 Å². The molecular weight excluding hydrogens is 192 g/mol. The van der Waals surface area contributed by atoms with E-state index < -0.39 is 6.10 Å². The molecule has 1 aliphatic rings. The number of nitrogens with zero attached hydrogens (tertiary/aromatic N) is 1. The SMILES string of the molecule is COC(CN)C(=O)N1CCC(C)(C)CC1. The van der Waals surface area contributed by atoms with Gasteiger partial charge in [0, 0.05) is 26.7 Å².